The summed E-state index contributed by atoms with van der Waals surface area (Å²) in [6, 6.07) is 5.38. The van der Waals surface area contributed by atoms with Gasteiger partial charge in [0, 0.05) is 12.1 Å². The van der Waals surface area contributed by atoms with Gasteiger partial charge in [-0.25, -0.2) is 4.79 Å². The standard InChI is InChI=1S/C16H17NO4/c1-4-11-9-16(2,3)10-14(11)21-15(18)12-5-7-13(8-6-12)17(19)20/h4-9,14H,1,10H2,2-3H3. The summed E-state index contributed by atoms with van der Waals surface area (Å²) in [5.74, 6) is -0.486. The molecule has 0 saturated heterocycles. The molecule has 0 aromatic heterocycles. The van der Waals surface area contributed by atoms with Crippen LogP contribution in [-0.2, 0) is 4.74 Å². The van der Waals surface area contributed by atoms with Crippen LogP contribution in [0.25, 0.3) is 0 Å². The Bertz CT molecular complexity index is 614. The molecule has 1 aliphatic carbocycles. The first-order valence-corrected chi connectivity index (χ1v) is 6.63. The molecule has 2 rings (SSSR count). The molecule has 0 radical (unpaired) electrons. The van der Waals surface area contributed by atoms with Crippen LogP contribution in [0.15, 0.2) is 48.6 Å². The highest BCUT2D eigenvalue weighted by molar-refractivity contribution is 5.90. The smallest absolute Gasteiger partial charge is 0.338 e. The second-order valence-electron chi connectivity index (χ2n) is 5.74. The summed E-state index contributed by atoms with van der Waals surface area (Å²) in [5, 5.41) is 10.6. The summed E-state index contributed by atoms with van der Waals surface area (Å²) in [6.07, 6.45) is 4.13. The van der Waals surface area contributed by atoms with Crippen LogP contribution in [0, 0.1) is 15.5 Å². The number of carbonyl (C=O) groups is 1. The molecule has 1 aliphatic rings. The van der Waals surface area contributed by atoms with Crippen molar-refractivity contribution in [1.29, 1.82) is 0 Å². The second kappa shape index (κ2) is 5.52. The zero-order valence-corrected chi connectivity index (χ0v) is 12.0. The zero-order valence-electron chi connectivity index (χ0n) is 12.0. The summed E-state index contributed by atoms with van der Waals surface area (Å²) in [5.41, 5.74) is 1.11. The van der Waals surface area contributed by atoms with Crippen molar-refractivity contribution < 1.29 is 14.5 Å². The van der Waals surface area contributed by atoms with E-state index in [0.717, 1.165) is 5.57 Å². The summed E-state index contributed by atoms with van der Waals surface area (Å²) in [7, 11) is 0. The van der Waals surface area contributed by atoms with E-state index in [4.69, 9.17) is 4.74 Å². The lowest BCUT2D eigenvalue weighted by Crippen LogP contribution is -2.19. The van der Waals surface area contributed by atoms with Crippen molar-refractivity contribution in [3.63, 3.8) is 0 Å². The highest BCUT2D eigenvalue weighted by atomic mass is 16.6. The summed E-state index contributed by atoms with van der Waals surface area (Å²) in [6.45, 7) is 7.87. The average molecular weight is 287 g/mol. The quantitative estimate of drug-likeness (QED) is 0.481. The first-order valence-electron chi connectivity index (χ1n) is 6.63. The molecule has 1 aromatic rings. The van der Waals surface area contributed by atoms with E-state index in [-0.39, 0.29) is 17.2 Å². The third-order valence-electron chi connectivity index (χ3n) is 3.44. The zero-order chi connectivity index (χ0) is 15.6. The van der Waals surface area contributed by atoms with Gasteiger partial charge in [-0.1, -0.05) is 32.6 Å². The lowest BCUT2D eigenvalue weighted by molar-refractivity contribution is -0.384. The summed E-state index contributed by atoms with van der Waals surface area (Å²) in [4.78, 5) is 22.2. The van der Waals surface area contributed by atoms with Gasteiger partial charge in [-0.15, -0.1) is 0 Å². The van der Waals surface area contributed by atoms with Crippen molar-refractivity contribution in [1.82, 2.24) is 0 Å². The molecular weight excluding hydrogens is 270 g/mol. The maximum atomic E-state index is 12.1. The van der Waals surface area contributed by atoms with Crippen LogP contribution >= 0.6 is 0 Å². The summed E-state index contributed by atoms with van der Waals surface area (Å²) < 4.78 is 5.49. The highest BCUT2D eigenvalue weighted by Crippen LogP contribution is 2.37. The van der Waals surface area contributed by atoms with Crippen molar-refractivity contribution in [2.75, 3.05) is 0 Å². The number of benzene rings is 1. The predicted octanol–water partition coefficient (Wildman–Crippen LogP) is 3.66. The number of non-ortho nitro benzene ring substituents is 1. The molecule has 0 bridgehead atoms. The largest absolute Gasteiger partial charge is 0.454 e. The second-order valence-corrected chi connectivity index (χ2v) is 5.74. The molecule has 0 aliphatic heterocycles. The molecule has 0 spiro atoms. The van der Waals surface area contributed by atoms with E-state index in [0.29, 0.717) is 12.0 Å². The first-order chi connectivity index (χ1) is 9.82. The number of ether oxygens (including phenoxy) is 1. The van der Waals surface area contributed by atoms with Crippen LogP contribution in [-0.4, -0.2) is 17.0 Å². The van der Waals surface area contributed by atoms with E-state index in [9.17, 15) is 14.9 Å². The molecule has 21 heavy (non-hydrogen) atoms. The van der Waals surface area contributed by atoms with Gasteiger partial charge in [0.15, 0.2) is 0 Å². The van der Waals surface area contributed by atoms with Crippen molar-refractivity contribution in [3.05, 3.63) is 64.2 Å². The van der Waals surface area contributed by atoms with Gasteiger partial charge < -0.3 is 4.74 Å². The Hall–Kier alpha value is -2.43. The maximum Gasteiger partial charge on any atom is 0.338 e. The van der Waals surface area contributed by atoms with Gasteiger partial charge in [0.25, 0.3) is 5.69 Å². The number of carbonyl (C=O) groups excluding carboxylic acids is 1. The molecule has 0 saturated carbocycles. The van der Waals surface area contributed by atoms with Crippen LogP contribution in [0.3, 0.4) is 0 Å². The van der Waals surface area contributed by atoms with Gasteiger partial charge in [0.1, 0.15) is 6.10 Å². The third kappa shape index (κ3) is 3.37. The number of nitro benzene ring substituents is 1. The SMILES string of the molecule is C=CC1=CC(C)(C)CC1OC(=O)c1ccc([N+](=O)[O-])cc1. The Balaban J connectivity index is 2.10. The van der Waals surface area contributed by atoms with Gasteiger partial charge in [-0.3, -0.25) is 10.1 Å². The molecule has 5 heteroatoms. The number of nitrogens with zero attached hydrogens (tertiary/aromatic N) is 1. The van der Waals surface area contributed by atoms with E-state index in [1.54, 1.807) is 6.08 Å². The van der Waals surface area contributed by atoms with Crippen molar-refractivity contribution in [2.45, 2.75) is 26.4 Å². The van der Waals surface area contributed by atoms with E-state index in [1.165, 1.54) is 24.3 Å². The molecule has 0 N–H and O–H groups in total. The van der Waals surface area contributed by atoms with E-state index in [1.807, 2.05) is 6.08 Å². The fraction of sp³-hybridized carbons (Fsp3) is 0.312. The lowest BCUT2D eigenvalue weighted by Gasteiger charge is -2.18. The minimum absolute atomic E-state index is 0.0378. The number of hydrogen-bond acceptors (Lipinski definition) is 4. The van der Waals surface area contributed by atoms with Crippen LogP contribution < -0.4 is 0 Å². The Labute approximate surface area is 123 Å². The molecule has 1 atom stereocenters. The van der Waals surface area contributed by atoms with Gasteiger partial charge >= 0.3 is 5.97 Å². The Morgan fingerprint density at radius 2 is 2.05 bits per heavy atom. The number of hydrogen-bond donors (Lipinski definition) is 0. The minimum Gasteiger partial charge on any atom is -0.454 e. The number of nitro groups is 1. The predicted molar refractivity (Wildman–Crippen MR) is 79.0 cm³/mol. The molecule has 0 heterocycles. The molecule has 1 unspecified atom stereocenters. The first kappa shape index (κ1) is 15.0. The average Bonchev–Trinajstić information content (AvgIpc) is 2.73. The van der Waals surface area contributed by atoms with E-state index < -0.39 is 10.9 Å². The van der Waals surface area contributed by atoms with Crippen LogP contribution in [0.4, 0.5) is 5.69 Å². The Morgan fingerprint density at radius 3 is 2.57 bits per heavy atom. The fourth-order valence-electron chi connectivity index (χ4n) is 2.42. The van der Waals surface area contributed by atoms with Gasteiger partial charge in [0.2, 0.25) is 0 Å². The van der Waals surface area contributed by atoms with Gasteiger partial charge in [-0.2, -0.15) is 0 Å². The normalized spacial score (nSPS) is 19.7. The van der Waals surface area contributed by atoms with Crippen LogP contribution in [0.2, 0.25) is 0 Å². The van der Waals surface area contributed by atoms with Gasteiger partial charge in [0.05, 0.1) is 10.5 Å². The maximum absolute atomic E-state index is 12.1. The van der Waals surface area contributed by atoms with E-state index >= 15 is 0 Å². The molecule has 5 nitrogen and oxygen atoms in total. The number of rotatable bonds is 4. The number of allylic oxidation sites excluding steroid dienone is 1. The topological polar surface area (TPSA) is 69.4 Å². The molecule has 0 amide bonds. The van der Waals surface area contributed by atoms with Crippen molar-refractivity contribution in [3.8, 4) is 0 Å². The Morgan fingerprint density at radius 1 is 1.43 bits per heavy atom. The van der Waals surface area contributed by atoms with Crippen molar-refractivity contribution >= 4 is 11.7 Å². The van der Waals surface area contributed by atoms with Crippen LogP contribution in [0.5, 0.6) is 0 Å². The number of esters is 1. The molecular formula is C16H17NO4. The summed E-state index contributed by atoms with van der Waals surface area (Å²) >= 11 is 0. The van der Waals surface area contributed by atoms with Crippen LogP contribution in [0.1, 0.15) is 30.6 Å². The van der Waals surface area contributed by atoms with Crippen molar-refractivity contribution in [2.24, 2.45) is 5.41 Å². The fourth-order valence-corrected chi connectivity index (χ4v) is 2.42. The van der Waals surface area contributed by atoms with E-state index in [2.05, 4.69) is 20.4 Å². The molecule has 110 valence electrons. The molecule has 0 fully saturated rings. The third-order valence-corrected chi connectivity index (χ3v) is 3.44. The lowest BCUT2D eigenvalue weighted by atomic mass is 9.93. The highest BCUT2D eigenvalue weighted by Gasteiger charge is 2.33. The Kier molecular flexibility index (Phi) is 3.93. The molecule has 1 aromatic carbocycles. The van der Waals surface area contributed by atoms with Gasteiger partial charge in [-0.05, 0) is 29.5 Å². The minimum atomic E-state index is -0.507. The monoisotopic (exact) mass is 287 g/mol.